The van der Waals surface area contributed by atoms with E-state index in [0.29, 0.717) is 26.7 Å². The maximum atomic E-state index is 12.2. The number of carbonyl (C=O) groups excluding carboxylic acids is 1. The van der Waals surface area contributed by atoms with Gasteiger partial charge in [-0.15, -0.1) is 0 Å². The van der Waals surface area contributed by atoms with Gasteiger partial charge >= 0.3 is 5.97 Å². The third-order valence-electron chi connectivity index (χ3n) is 3.12. The van der Waals surface area contributed by atoms with Crippen molar-refractivity contribution in [3.8, 4) is 6.07 Å². The van der Waals surface area contributed by atoms with Gasteiger partial charge in [0.1, 0.15) is 11.6 Å². The number of esters is 1. The van der Waals surface area contributed by atoms with Gasteiger partial charge in [-0.3, -0.25) is 0 Å². The molecule has 0 unspecified atom stereocenters. The molecule has 0 bridgehead atoms. The van der Waals surface area contributed by atoms with Crippen LogP contribution in [-0.2, 0) is 9.53 Å². The van der Waals surface area contributed by atoms with Gasteiger partial charge in [0.05, 0.1) is 6.61 Å². The molecular weight excluding hydrogens is 333 g/mol. The van der Waals surface area contributed by atoms with Gasteiger partial charge in [0, 0.05) is 21.2 Å². The maximum absolute atomic E-state index is 12.2. The number of nitrogens with zero attached hydrogens (tertiary/aromatic N) is 1. The average molecular weight is 346 g/mol. The fraction of sp³-hybridized carbons (Fsp3) is 0.111. The molecule has 0 aliphatic carbocycles. The number of ether oxygens (including phenoxy) is 1. The third kappa shape index (κ3) is 3.92. The van der Waals surface area contributed by atoms with Gasteiger partial charge in [-0.1, -0.05) is 53.5 Å². The zero-order chi connectivity index (χ0) is 16.8. The highest BCUT2D eigenvalue weighted by Gasteiger charge is 2.21. The van der Waals surface area contributed by atoms with Gasteiger partial charge in [0.25, 0.3) is 0 Å². The highest BCUT2D eigenvalue weighted by Crippen LogP contribution is 2.32. The molecule has 0 aliphatic heterocycles. The normalized spacial score (nSPS) is 11.4. The van der Waals surface area contributed by atoms with Gasteiger partial charge < -0.3 is 4.74 Å². The van der Waals surface area contributed by atoms with Crippen LogP contribution in [0.3, 0.4) is 0 Å². The summed E-state index contributed by atoms with van der Waals surface area (Å²) in [6.07, 6.45) is 0. The predicted molar refractivity (Wildman–Crippen MR) is 91.2 cm³/mol. The van der Waals surface area contributed by atoms with E-state index in [0.717, 1.165) is 0 Å². The summed E-state index contributed by atoms with van der Waals surface area (Å²) in [5.41, 5.74) is 1.57. The van der Waals surface area contributed by atoms with Crippen LogP contribution in [0.4, 0.5) is 0 Å². The van der Waals surface area contributed by atoms with Crippen LogP contribution in [-0.4, -0.2) is 12.6 Å². The Hall–Kier alpha value is -2.28. The molecule has 2 aromatic rings. The largest absolute Gasteiger partial charge is 0.462 e. The van der Waals surface area contributed by atoms with Crippen molar-refractivity contribution in [1.82, 2.24) is 0 Å². The van der Waals surface area contributed by atoms with Gasteiger partial charge in [-0.05, 0) is 30.7 Å². The average Bonchev–Trinajstić information content (AvgIpc) is 2.55. The molecule has 2 rings (SSSR count). The van der Waals surface area contributed by atoms with Gasteiger partial charge in [-0.2, -0.15) is 5.26 Å². The molecule has 0 saturated heterocycles. The van der Waals surface area contributed by atoms with Gasteiger partial charge in [0.15, 0.2) is 0 Å². The van der Waals surface area contributed by atoms with Crippen molar-refractivity contribution in [2.45, 2.75) is 6.92 Å². The van der Waals surface area contributed by atoms with Crippen LogP contribution in [0, 0.1) is 11.3 Å². The third-order valence-corrected chi connectivity index (χ3v) is 3.70. The van der Waals surface area contributed by atoms with Crippen molar-refractivity contribution in [3.63, 3.8) is 0 Å². The molecule has 0 amide bonds. The highest BCUT2D eigenvalue weighted by atomic mass is 35.5. The van der Waals surface area contributed by atoms with E-state index < -0.39 is 5.97 Å². The van der Waals surface area contributed by atoms with E-state index in [9.17, 15) is 10.1 Å². The zero-order valence-electron chi connectivity index (χ0n) is 12.3. The summed E-state index contributed by atoms with van der Waals surface area (Å²) < 4.78 is 4.99. The number of nitriles is 1. The lowest BCUT2D eigenvalue weighted by atomic mass is 9.93. The first-order valence-corrected chi connectivity index (χ1v) is 7.66. The smallest absolute Gasteiger partial charge is 0.349 e. The van der Waals surface area contributed by atoms with E-state index in [-0.39, 0.29) is 12.2 Å². The first kappa shape index (κ1) is 17.1. The molecule has 0 atom stereocenters. The number of hydrogen-bond acceptors (Lipinski definition) is 3. The summed E-state index contributed by atoms with van der Waals surface area (Å²) in [6.45, 7) is 1.87. The monoisotopic (exact) mass is 345 g/mol. The van der Waals surface area contributed by atoms with Gasteiger partial charge in [-0.25, -0.2) is 4.79 Å². The molecule has 0 N–H and O–H groups in total. The molecule has 5 heteroatoms. The zero-order valence-corrected chi connectivity index (χ0v) is 13.9. The predicted octanol–water partition coefficient (Wildman–Crippen LogP) is 4.88. The Kier molecular flexibility index (Phi) is 5.81. The van der Waals surface area contributed by atoms with Crippen LogP contribution >= 0.6 is 23.2 Å². The Morgan fingerprint density at radius 1 is 1.13 bits per heavy atom. The number of carbonyl (C=O) groups is 1. The SMILES string of the molecule is CCOC(=O)C(C#N)=C(c1ccc(Cl)cc1)c1ccccc1Cl. The van der Waals surface area contributed by atoms with Gasteiger partial charge in [0.2, 0.25) is 0 Å². The van der Waals surface area contributed by atoms with Crippen LogP contribution in [0.5, 0.6) is 0 Å². The van der Waals surface area contributed by atoms with E-state index in [4.69, 9.17) is 27.9 Å². The molecule has 0 saturated carbocycles. The summed E-state index contributed by atoms with van der Waals surface area (Å²) in [5.74, 6) is -0.681. The van der Waals surface area contributed by atoms with E-state index in [1.165, 1.54) is 0 Å². The van der Waals surface area contributed by atoms with E-state index in [1.54, 1.807) is 55.5 Å². The lowest BCUT2D eigenvalue weighted by molar-refractivity contribution is -0.137. The lowest BCUT2D eigenvalue weighted by Crippen LogP contribution is -2.09. The second-order valence-electron chi connectivity index (χ2n) is 4.57. The lowest BCUT2D eigenvalue weighted by Gasteiger charge is -2.13. The second-order valence-corrected chi connectivity index (χ2v) is 5.41. The molecule has 0 fully saturated rings. The Labute approximate surface area is 144 Å². The highest BCUT2D eigenvalue weighted by molar-refractivity contribution is 6.33. The maximum Gasteiger partial charge on any atom is 0.349 e. The van der Waals surface area contributed by atoms with Crippen molar-refractivity contribution in [1.29, 1.82) is 5.26 Å². The Bertz CT molecular complexity index is 789. The van der Waals surface area contributed by atoms with Crippen LogP contribution in [0.15, 0.2) is 54.1 Å². The Morgan fingerprint density at radius 3 is 2.35 bits per heavy atom. The number of benzene rings is 2. The molecule has 2 aromatic carbocycles. The Balaban J connectivity index is 2.74. The van der Waals surface area contributed by atoms with E-state index >= 15 is 0 Å². The summed E-state index contributed by atoms with van der Waals surface area (Å²) >= 11 is 12.2. The quantitative estimate of drug-likeness (QED) is 0.450. The van der Waals surface area contributed by atoms with Crippen LogP contribution in [0.1, 0.15) is 18.1 Å². The van der Waals surface area contributed by atoms with Crippen LogP contribution in [0.2, 0.25) is 10.0 Å². The fourth-order valence-electron chi connectivity index (χ4n) is 2.12. The molecule has 23 heavy (non-hydrogen) atoms. The first-order chi connectivity index (χ1) is 11.1. The standard InChI is InChI=1S/C18H13Cl2NO2/c1-2-23-18(22)15(11-21)17(12-7-9-13(19)10-8-12)14-5-3-4-6-16(14)20/h3-10H,2H2,1H3. The molecule has 116 valence electrons. The molecule has 0 spiro atoms. The van der Waals surface area contributed by atoms with E-state index in [2.05, 4.69) is 0 Å². The van der Waals surface area contributed by atoms with E-state index in [1.807, 2.05) is 6.07 Å². The van der Waals surface area contributed by atoms with Crippen molar-refractivity contribution < 1.29 is 9.53 Å². The number of rotatable bonds is 4. The topological polar surface area (TPSA) is 50.1 Å². The minimum Gasteiger partial charge on any atom is -0.462 e. The summed E-state index contributed by atoms with van der Waals surface area (Å²) in [7, 11) is 0. The second kappa shape index (κ2) is 7.82. The molecule has 0 heterocycles. The molecule has 0 radical (unpaired) electrons. The Morgan fingerprint density at radius 2 is 1.78 bits per heavy atom. The first-order valence-electron chi connectivity index (χ1n) is 6.90. The molecule has 0 aliphatic rings. The summed E-state index contributed by atoms with van der Waals surface area (Å²) in [6, 6.07) is 15.8. The molecular formula is C18H13Cl2NO2. The molecule has 0 aromatic heterocycles. The van der Waals surface area contributed by atoms with Crippen molar-refractivity contribution in [2.24, 2.45) is 0 Å². The fourth-order valence-corrected chi connectivity index (χ4v) is 2.48. The van der Waals surface area contributed by atoms with Crippen molar-refractivity contribution in [3.05, 3.63) is 75.3 Å². The van der Waals surface area contributed by atoms with Crippen LogP contribution < -0.4 is 0 Å². The minimum absolute atomic E-state index is 0.0951. The van der Waals surface area contributed by atoms with Crippen molar-refractivity contribution >= 4 is 34.7 Å². The minimum atomic E-state index is -0.681. The number of halogens is 2. The summed E-state index contributed by atoms with van der Waals surface area (Å²) in [5, 5.41) is 10.5. The van der Waals surface area contributed by atoms with Crippen LogP contribution in [0.25, 0.3) is 5.57 Å². The molecule has 3 nitrogen and oxygen atoms in total. The number of hydrogen-bond donors (Lipinski definition) is 0. The summed E-state index contributed by atoms with van der Waals surface area (Å²) in [4.78, 5) is 12.2. The van der Waals surface area contributed by atoms with Crippen molar-refractivity contribution in [2.75, 3.05) is 6.61 Å².